The fraction of sp³-hybridized carbons (Fsp3) is 0.519. The molecule has 0 amide bonds. The predicted molar refractivity (Wildman–Crippen MR) is 130 cm³/mol. The second kappa shape index (κ2) is 11.9. The molecule has 0 spiro atoms. The summed E-state index contributed by atoms with van der Waals surface area (Å²) in [6.45, 7) is 25.2. The molecule has 0 radical (unpaired) electrons. The molecule has 0 heterocycles. The molecule has 0 nitrogen and oxygen atoms in total. The molecule has 0 aromatic heterocycles. The molecule has 170 valence electrons. The van der Waals surface area contributed by atoms with E-state index < -0.39 is 0 Å². The van der Waals surface area contributed by atoms with Crippen molar-refractivity contribution >= 4 is 24.0 Å². The molecule has 0 saturated carbocycles. The van der Waals surface area contributed by atoms with Crippen LogP contribution in [0.5, 0.6) is 0 Å². The molecular formula is C27H39Cl2PTi. The molecule has 0 N–H and O–H groups in total. The molecule has 0 unspecified atom stereocenters. The zero-order chi connectivity index (χ0) is 21.5. The van der Waals surface area contributed by atoms with Gasteiger partial charge in [0, 0.05) is 0 Å². The molecule has 0 aliphatic heterocycles. The van der Waals surface area contributed by atoms with E-state index in [0.717, 1.165) is 0 Å². The Morgan fingerprint density at radius 1 is 0.871 bits per heavy atom. The van der Waals surface area contributed by atoms with Crippen molar-refractivity contribution in [1.29, 1.82) is 0 Å². The van der Waals surface area contributed by atoms with Crippen LogP contribution in [0.4, 0.5) is 0 Å². The van der Waals surface area contributed by atoms with Crippen LogP contribution in [0, 0.1) is 11.5 Å². The third-order valence-corrected chi connectivity index (χ3v) is 9.22. The van der Waals surface area contributed by atoms with Crippen molar-refractivity contribution in [2.24, 2.45) is 5.41 Å². The van der Waals surface area contributed by atoms with Gasteiger partial charge in [-0.2, -0.15) is 17.2 Å². The van der Waals surface area contributed by atoms with Gasteiger partial charge in [-0.1, -0.05) is 88.6 Å². The van der Waals surface area contributed by atoms with E-state index in [1.165, 1.54) is 27.5 Å². The first-order valence-corrected chi connectivity index (χ1v) is 11.7. The van der Waals surface area contributed by atoms with Crippen molar-refractivity contribution in [3.05, 3.63) is 59.2 Å². The van der Waals surface area contributed by atoms with Crippen LogP contribution < -0.4 is 30.1 Å². The Kier molecular flexibility index (Phi) is 12.8. The van der Waals surface area contributed by atoms with Crippen molar-refractivity contribution in [2.45, 2.75) is 86.5 Å². The molecule has 2 aromatic carbocycles. The minimum Gasteiger partial charge on any atom is -1.00 e. The summed E-state index contributed by atoms with van der Waals surface area (Å²) < 4.78 is 0. The normalized spacial score (nSPS) is 15.4. The Morgan fingerprint density at radius 2 is 1.35 bits per heavy atom. The topological polar surface area (TPSA) is 0 Å². The van der Waals surface area contributed by atoms with Gasteiger partial charge in [0.25, 0.3) is 0 Å². The number of rotatable bonds is 1. The molecule has 4 heteroatoms. The molecule has 0 saturated heterocycles. The van der Waals surface area contributed by atoms with E-state index >= 15 is 0 Å². The van der Waals surface area contributed by atoms with E-state index in [1.807, 2.05) is 0 Å². The molecule has 0 atom stereocenters. The van der Waals surface area contributed by atoms with Crippen molar-refractivity contribution in [1.82, 2.24) is 0 Å². The molecule has 0 fully saturated rings. The van der Waals surface area contributed by atoms with Crippen molar-refractivity contribution in [2.75, 3.05) is 0 Å². The van der Waals surface area contributed by atoms with Crippen molar-refractivity contribution < 1.29 is 46.5 Å². The van der Waals surface area contributed by atoms with Gasteiger partial charge in [-0.25, -0.2) is 5.57 Å². The SMILES string of the molecule is CC(C)(C)P(c1cc2ccccc2[cH-]1)C(C)(C)C.CC1=[C-]C(C)(C)C(C)=C1C.[Cl-].[Cl-].[Ti+4]. The van der Waals surface area contributed by atoms with E-state index in [2.05, 4.69) is 119 Å². The molecule has 1 aliphatic rings. The summed E-state index contributed by atoms with van der Waals surface area (Å²) in [6, 6.07) is 13.5. The first-order chi connectivity index (χ1) is 12.6. The second-order valence-corrected chi connectivity index (χ2v) is 14.5. The maximum Gasteiger partial charge on any atom is 4.00 e. The maximum absolute atomic E-state index is 3.44. The van der Waals surface area contributed by atoms with Gasteiger partial charge < -0.3 is 24.8 Å². The number of fused-ring (bicyclic) bond motifs is 1. The van der Waals surface area contributed by atoms with E-state index in [9.17, 15) is 0 Å². The predicted octanol–water partition coefficient (Wildman–Crippen LogP) is 2.38. The summed E-state index contributed by atoms with van der Waals surface area (Å²) in [6.07, 6.45) is 3.44. The zero-order valence-corrected chi connectivity index (χ0v) is 25.1. The van der Waals surface area contributed by atoms with Crippen molar-refractivity contribution in [3.8, 4) is 0 Å². The first kappa shape index (κ1) is 33.2. The van der Waals surface area contributed by atoms with E-state index in [4.69, 9.17) is 0 Å². The first-order valence-electron chi connectivity index (χ1n) is 10.4. The summed E-state index contributed by atoms with van der Waals surface area (Å²) in [5, 5.41) is 5.00. The van der Waals surface area contributed by atoms with Gasteiger partial charge in [-0.05, 0) is 10.3 Å². The van der Waals surface area contributed by atoms with Crippen LogP contribution >= 0.6 is 7.92 Å². The fourth-order valence-corrected chi connectivity index (χ4v) is 8.55. The van der Waals surface area contributed by atoms with Gasteiger partial charge in [0.05, 0.1) is 0 Å². The number of benzene rings is 1. The summed E-state index contributed by atoms with van der Waals surface area (Å²) in [5.74, 6) is 0. The van der Waals surface area contributed by atoms with Crippen LogP contribution in [0.2, 0.25) is 0 Å². The van der Waals surface area contributed by atoms with Crippen LogP contribution in [-0.4, -0.2) is 10.3 Å². The monoisotopic (exact) mass is 512 g/mol. The van der Waals surface area contributed by atoms with Crippen LogP contribution in [-0.2, 0) is 21.7 Å². The summed E-state index contributed by atoms with van der Waals surface area (Å²) in [4.78, 5) is 0. The molecule has 1 aliphatic carbocycles. The van der Waals surface area contributed by atoms with Gasteiger partial charge in [-0.3, -0.25) is 6.08 Å². The standard InChI is InChI=1S/C17H24P.C10H15.2ClH.Ti/c1-16(2,3)18(17(4,5)6)15-11-13-9-7-8-10-14(13)12-15;1-7-6-10(4,5)9(3)8(7)2;;;/h7-12H,1-6H3;1-5H3;2*1H;/q2*-1;;;+4/p-2. The summed E-state index contributed by atoms with van der Waals surface area (Å²) in [7, 11) is -0.185. The van der Waals surface area contributed by atoms with Crippen LogP contribution in [0.25, 0.3) is 10.8 Å². The summed E-state index contributed by atoms with van der Waals surface area (Å²) in [5.41, 5.74) is 4.39. The number of halogens is 2. The Bertz CT molecular complexity index is 858. The van der Waals surface area contributed by atoms with E-state index in [0.29, 0.717) is 10.3 Å². The van der Waals surface area contributed by atoms with E-state index in [-0.39, 0.29) is 59.9 Å². The summed E-state index contributed by atoms with van der Waals surface area (Å²) >= 11 is 0. The maximum atomic E-state index is 3.44. The van der Waals surface area contributed by atoms with Crippen molar-refractivity contribution in [3.63, 3.8) is 0 Å². The average Bonchev–Trinajstić information content (AvgIpc) is 2.99. The van der Waals surface area contributed by atoms with Gasteiger partial charge in [-0.15, -0.1) is 47.3 Å². The van der Waals surface area contributed by atoms with Crippen LogP contribution in [0.3, 0.4) is 0 Å². The third-order valence-electron chi connectivity index (χ3n) is 5.77. The Balaban J connectivity index is 0. The van der Waals surface area contributed by atoms with Gasteiger partial charge in [0.15, 0.2) is 0 Å². The third kappa shape index (κ3) is 8.08. The molecule has 31 heavy (non-hydrogen) atoms. The van der Waals surface area contributed by atoms with Gasteiger partial charge in [0.1, 0.15) is 0 Å². The van der Waals surface area contributed by atoms with Gasteiger partial charge in [0.2, 0.25) is 0 Å². The zero-order valence-electron chi connectivity index (χ0n) is 21.2. The molecular weight excluding hydrogens is 474 g/mol. The minimum absolute atomic E-state index is 0. The number of hydrogen-bond donors (Lipinski definition) is 0. The number of allylic oxidation sites excluding steroid dienone is 4. The average molecular weight is 513 g/mol. The molecule has 2 aromatic rings. The number of hydrogen-bond acceptors (Lipinski definition) is 0. The molecule has 3 rings (SSSR count). The van der Waals surface area contributed by atoms with E-state index in [1.54, 1.807) is 5.30 Å². The Hall–Kier alpha value is 0.0343. The Labute approximate surface area is 220 Å². The molecule has 0 bridgehead atoms. The quantitative estimate of drug-likeness (QED) is 0.312. The smallest absolute Gasteiger partial charge is 1.00 e. The van der Waals surface area contributed by atoms with Crippen LogP contribution in [0.15, 0.2) is 53.1 Å². The second-order valence-electron chi connectivity index (χ2n) is 10.6. The Morgan fingerprint density at radius 3 is 1.68 bits per heavy atom. The van der Waals surface area contributed by atoms with Crippen LogP contribution in [0.1, 0.15) is 76.2 Å². The van der Waals surface area contributed by atoms with Gasteiger partial charge >= 0.3 is 21.7 Å². The fourth-order valence-electron chi connectivity index (χ4n) is 4.45. The largest absolute Gasteiger partial charge is 4.00 e. The minimum atomic E-state index is -0.185.